The molecule has 0 saturated heterocycles. The minimum Gasteiger partial charge on any atom is -0.493 e. The number of aromatic nitrogens is 1. The largest absolute Gasteiger partial charge is 0.493 e. The van der Waals surface area contributed by atoms with Gasteiger partial charge in [0.2, 0.25) is 5.91 Å². The molecule has 4 rings (SSSR count). The molecular weight excluding hydrogens is 394 g/mol. The van der Waals surface area contributed by atoms with E-state index in [0.29, 0.717) is 29.3 Å². The van der Waals surface area contributed by atoms with Crippen molar-refractivity contribution in [1.82, 2.24) is 4.98 Å². The Morgan fingerprint density at radius 3 is 2.65 bits per heavy atom. The highest BCUT2D eigenvalue weighted by Gasteiger charge is 2.26. The Morgan fingerprint density at radius 2 is 1.90 bits per heavy atom. The van der Waals surface area contributed by atoms with Gasteiger partial charge in [-0.3, -0.25) is 14.6 Å². The quantitative estimate of drug-likeness (QED) is 0.664. The zero-order chi connectivity index (χ0) is 21.8. The first-order chi connectivity index (χ1) is 15.1. The molecule has 0 saturated carbocycles. The van der Waals surface area contributed by atoms with E-state index in [2.05, 4.69) is 10.3 Å². The number of nitrogens with one attached hydrogen (secondary N) is 1. The van der Waals surface area contributed by atoms with Gasteiger partial charge < -0.3 is 19.7 Å². The summed E-state index contributed by atoms with van der Waals surface area (Å²) in [5.74, 6) is 0.939. The maximum Gasteiger partial charge on any atom is 0.259 e. The smallest absolute Gasteiger partial charge is 0.259 e. The van der Waals surface area contributed by atoms with Gasteiger partial charge in [0, 0.05) is 30.3 Å². The van der Waals surface area contributed by atoms with E-state index in [1.54, 1.807) is 55.8 Å². The summed E-state index contributed by atoms with van der Waals surface area (Å²) in [6, 6.07) is 14.6. The molecule has 0 unspecified atom stereocenters. The van der Waals surface area contributed by atoms with Gasteiger partial charge in [-0.1, -0.05) is 12.1 Å². The maximum atomic E-state index is 12.9. The molecule has 1 aromatic heterocycles. The van der Waals surface area contributed by atoms with Gasteiger partial charge in [0.1, 0.15) is 0 Å². The van der Waals surface area contributed by atoms with E-state index < -0.39 is 0 Å². The Labute approximate surface area is 180 Å². The summed E-state index contributed by atoms with van der Waals surface area (Å²) >= 11 is 0. The third-order valence-electron chi connectivity index (χ3n) is 5.23. The third-order valence-corrected chi connectivity index (χ3v) is 5.23. The summed E-state index contributed by atoms with van der Waals surface area (Å²) in [6.07, 6.45) is 4.17. The Morgan fingerprint density at radius 1 is 1.06 bits per heavy atom. The number of amides is 2. The van der Waals surface area contributed by atoms with Crippen LogP contribution in [-0.2, 0) is 17.6 Å². The van der Waals surface area contributed by atoms with Crippen molar-refractivity contribution >= 4 is 23.2 Å². The molecule has 0 aliphatic carbocycles. The van der Waals surface area contributed by atoms with Crippen molar-refractivity contribution in [3.05, 3.63) is 77.6 Å². The highest BCUT2D eigenvalue weighted by atomic mass is 16.5. The fourth-order valence-electron chi connectivity index (χ4n) is 3.69. The predicted molar refractivity (Wildman–Crippen MR) is 118 cm³/mol. The monoisotopic (exact) mass is 417 g/mol. The molecule has 0 atom stereocenters. The zero-order valence-electron chi connectivity index (χ0n) is 17.4. The summed E-state index contributed by atoms with van der Waals surface area (Å²) < 4.78 is 10.5. The molecule has 0 radical (unpaired) electrons. The van der Waals surface area contributed by atoms with Crippen molar-refractivity contribution in [2.24, 2.45) is 0 Å². The second-order valence-corrected chi connectivity index (χ2v) is 7.21. The molecule has 1 aliphatic heterocycles. The lowest BCUT2D eigenvalue weighted by molar-refractivity contribution is -0.115. The molecule has 2 heterocycles. The van der Waals surface area contributed by atoms with E-state index in [1.165, 1.54) is 0 Å². The maximum absolute atomic E-state index is 12.9. The Bertz CT molecular complexity index is 1120. The van der Waals surface area contributed by atoms with Crippen LogP contribution in [0.4, 0.5) is 11.4 Å². The lowest BCUT2D eigenvalue weighted by Crippen LogP contribution is -2.29. The lowest BCUT2D eigenvalue weighted by Gasteiger charge is -2.18. The summed E-state index contributed by atoms with van der Waals surface area (Å²) in [5, 5.41) is 2.92. The molecular formula is C24H23N3O4. The number of pyridine rings is 1. The van der Waals surface area contributed by atoms with Crippen molar-refractivity contribution in [2.75, 3.05) is 31.0 Å². The molecule has 7 nitrogen and oxygen atoms in total. The number of fused-ring (bicyclic) bond motifs is 1. The average molecular weight is 417 g/mol. The SMILES string of the molecule is COc1ccc(CC(=O)Nc2ccc3c(c2)N(C(=O)c2cccnc2)CC3)cc1OC. The van der Waals surface area contributed by atoms with Gasteiger partial charge in [0.25, 0.3) is 5.91 Å². The number of hydrogen-bond donors (Lipinski definition) is 1. The molecule has 0 bridgehead atoms. The summed E-state index contributed by atoms with van der Waals surface area (Å²) in [5.41, 5.74) is 3.89. The predicted octanol–water partition coefficient (Wildman–Crippen LogP) is 3.48. The van der Waals surface area contributed by atoms with Crippen LogP contribution in [0.5, 0.6) is 11.5 Å². The number of benzene rings is 2. The van der Waals surface area contributed by atoms with Gasteiger partial charge in [-0.05, 0) is 53.9 Å². The number of methoxy groups -OCH3 is 2. The molecule has 0 spiro atoms. The third kappa shape index (κ3) is 4.35. The molecule has 1 N–H and O–H groups in total. The van der Waals surface area contributed by atoms with Gasteiger partial charge >= 0.3 is 0 Å². The summed E-state index contributed by atoms with van der Waals surface area (Å²) in [4.78, 5) is 31.2. The van der Waals surface area contributed by atoms with Crippen LogP contribution in [0.3, 0.4) is 0 Å². The molecule has 158 valence electrons. The van der Waals surface area contributed by atoms with E-state index in [1.807, 2.05) is 24.3 Å². The van der Waals surface area contributed by atoms with Crippen LogP contribution in [0.25, 0.3) is 0 Å². The van der Waals surface area contributed by atoms with Crippen molar-refractivity contribution < 1.29 is 19.1 Å². The van der Waals surface area contributed by atoms with Crippen LogP contribution in [-0.4, -0.2) is 37.6 Å². The number of anilines is 2. The molecule has 7 heteroatoms. The lowest BCUT2D eigenvalue weighted by atomic mass is 10.1. The molecule has 31 heavy (non-hydrogen) atoms. The van der Waals surface area contributed by atoms with Crippen LogP contribution >= 0.6 is 0 Å². The number of nitrogens with zero attached hydrogens (tertiary/aromatic N) is 2. The first-order valence-corrected chi connectivity index (χ1v) is 9.94. The standard InChI is InChI=1S/C24H23N3O4/c1-30-21-8-5-16(12-22(21)31-2)13-23(28)26-19-7-6-17-9-11-27(20(17)14-19)24(29)18-4-3-10-25-15-18/h3-8,10,12,14-15H,9,11,13H2,1-2H3,(H,26,28). The number of hydrogen-bond acceptors (Lipinski definition) is 5. The van der Waals surface area contributed by atoms with E-state index in [4.69, 9.17) is 9.47 Å². The fourth-order valence-corrected chi connectivity index (χ4v) is 3.69. The van der Waals surface area contributed by atoms with Crippen LogP contribution in [0.1, 0.15) is 21.5 Å². The normalized spacial score (nSPS) is 12.3. The van der Waals surface area contributed by atoms with Crippen LogP contribution in [0, 0.1) is 0 Å². The topological polar surface area (TPSA) is 80.8 Å². The molecule has 1 aliphatic rings. The number of carbonyl (C=O) groups is 2. The zero-order valence-corrected chi connectivity index (χ0v) is 17.4. The van der Waals surface area contributed by atoms with Crippen LogP contribution in [0.2, 0.25) is 0 Å². The van der Waals surface area contributed by atoms with Crippen molar-refractivity contribution in [3.8, 4) is 11.5 Å². The highest BCUT2D eigenvalue weighted by Crippen LogP contribution is 2.32. The Kier molecular flexibility index (Phi) is 5.84. The number of rotatable bonds is 6. The van der Waals surface area contributed by atoms with Gasteiger partial charge in [-0.2, -0.15) is 0 Å². The highest BCUT2D eigenvalue weighted by molar-refractivity contribution is 6.07. The Balaban J connectivity index is 1.48. The van der Waals surface area contributed by atoms with Crippen molar-refractivity contribution in [1.29, 1.82) is 0 Å². The van der Waals surface area contributed by atoms with Crippen molar-refractivity contribution in [3.63, 3.8) is 0 Å². The molecule has 3 aromatic rings. The van der Waals surface area contributed by atoms with E-state index in [-0.39, 0.29) is 18.2 Å². The summed E-state index contributed by atoms with van der Waals surface area (Å²) in [6.45, 7) is 0.603. The van der Waals surface area contributed by atoms with Gasteiger partial charge in [-0.25, -0.2) is 0 Å². The number of ether oxygens (including phenoxy) is 2. The summed E-state index contributed by atoms with van der Waals surface area (Å²) in [7, 11) is 3.13. The first-order valence-electron chi connectivity index (χ1n) is 9.94. The average Bonchev–Trinajstić information content (AvgIpc) is 3.22. The molecule has 2 amide bonds. The van der Waals surface area contributed by atoms with Gasteiger partial charge in [-0.15, -0.1) is 0 Å². The number of carbonyl (C=O) groups excluding carboxylic acids is 2. The van der Waals surface area contributed by atoms with Gasteiger partial charge in [0.15, 0.2) is 11.5 Å². The Hall–Kier alpha value is -3.87. The van der Waals surface area contributed by atoms with E-state index >= 15 is 0 Å². The molecule has 2 aromatic carbocycles. The minimum absolute atomic E-state index is 0.0966. The van der Waals surface area contributed by atoms with Crippen LogP contribution < -0.4 is 19.7 Å². The first kappa shape index (κ1) is 20.4. The minimum atomic E-state index is -0.157. The second-order valence-electron chi connectivity index (χ2n) is 7.21. The fraction of sp³-hybridized carbons (Fsp3) is 0.208. The van der Waals surface area contributed by atoms with E-state index in [9.17, 15) is 9.59 Å². The van der Waals surface area contributed by atoms with E-state index in [0.717, 1.165) is 23.2 Å². The van der Waals surface area contributed by atoms with Gasteiger partial charge in [0.05, 0.1) is 26.2 Å². The molecule has 0 fully saturated rings. The van der Waals surface area contributed by atoms with Crippen molar-refractivity contribution in [2.45, 2.75) is 12.8 Å². The second kappa shape index (κ2) is 8.87. The van der Waals surface area contributed by atoms with Crippen LogP contribution in [0.15, 0.2) is 60.9 Å².